The first kappa shape index (κ1) is 12.0. The largest absolute Gasteiger partial charge is 0.395 e. The predicted molar refractivity (Wildman–Crippen MR) is 55.1 cm³/mol. The highest BCUT2D eigenvalue weighted by atomic mass is 16.3. The van der Waals surface area contributed by atoms with Crippen LogP contribution in [0, 0.1) is 5.92 Å². The summed E-state index contributed by atoms with van der Waals surface area (Å²) in [5, 5.41) is 11.6. The number of rotatable bonds is 3. The van der Waals surface area contributed by atoms with Gasteiger partial charge < -0.3 is 15.3 Å². The molecule has 0 saturated carbocycles. The van der Waals surface area contributed by atoms with Crippen molar-refractivity contribution >= 4 is 11.8 Å². The summed E-state index contributed by atoms with van der Waals surface area (Å²) in [4.78, 5) is 24.4. The summed E-state index contributed by atoms with van der Waals surface area (Å²) in [6.07, 6.45) is -0.108. The van der Waals surface area contributed by atoms with Gasteiger partial charge in [-0.05, 0) is 5.92 Å². The number of hydrogen-bond donors (Lipinski definition) is 2. The van der Waals surface area contributed by atoms with Crippen molar-refractivity contribution in [2.24, 2.45) is 5.92 Å². The van der Waals surface area contributed by atoms with Crippen molar-refractivity contribution in [3.8, 4) is 0 Å². The van der Waals surface area contributed by atoms with E-state index in [4.69, 9.17) is 5.11 Å². The molecule has 86 valence electrons. The lowest BCUT2D eigenvalue weighted by Crippen LogP contribution is -2.44. The first-order valence-corrected chi connectivity index (χ1v) is 5.22. The maximum Gasteiger partial charge on any atom is 0.232 e. The maximum absolute atomic E-state index is 11.5. The van der Waals surface area contributed by atoms with E-state index in [9.17, 15) is 9.59 Å². The lowest BCUT2D eigenvalue weighted by atomic mass is 10.0. The van der Waals surface area contributed by atoms with Crippen LogP contribution in [-0.2, 0) is 9.59 Å². The second-order valence-electron chi connectivity index (χ2n) is 4.16. The van der Waals surface area contributed by atoms with Crippen molar-refractivity contribution in [3.63, 3.8) is 0 Å². The molecule has 0 radical (unpaired) electrons. The summed E-state index contributed by atoms with van der Waals surface area (Å²) in [6, 6.07) is -0.0181. The number of β-amino-alcohol motifs (C(OH)–C–C–N with tert-alkyl or cyclic N) is 1. The summed E-state index contributed by atoms with van der Waals surface area (Å²) < 4.78 is 0. The third-order valence-electron chi connectivity index (χ3n) is 2.60. The second kappa shape index (κ2) is 5.11. The van der Waals surface area contributed by atoms with Crippen LogP contribution < -0.4 is 5.32 Å². The average molecular weight is 214 g/mol. The van der Waals surface area contributed by atoms with E-state index in [1.54, 1.807) is 4.90 Å². The lowest BCUT2D eigenvalue weighted by Gasteiger charge is -2.26. The van der Waals surface area contributed by atoms with Gasteiger partial charge in [0, 0.05) is 19.1 Å². The van der Waals surface area contributed by atoms with Gasteiger partial charge in [0.2, 0.25) is 11.8 Å². The Kier molecular flexibility index (Phi) is 4.08. The van der Waals surface area contributed by atoms with Gasteiger partial charge in [0.05, 0.1) is 6.61 Å². The summed E-state index contributed by atoms with van der Waals surface area (Å²) >= 11 is 0. The van der Waals surface area contributed by atoms with Crippen LogP contribution in [0.15, 0.2) is 0 Å². The van der Waals surface area contributed by atoms with Crippen LogP contribution >= 0.6 is 0 Å². The molecular formula is C10H18N2O3. The maximum atomic E-state index is 11.5. The SMILES string of the molecule is CC(C)C1CN(CCO)C(=O)CC(=O)N1. The van der Waals surface area contributed by atoms with Crippen LogP contribution in [0.1, 0.15) is 20.3 Å². The van der Waals surface area contributed by atoms with Crippen LogP contribution in [-0.4, -0.2) is 47.6 Å². The predicted octanol–water partition coefficient (Wildman–Crippen LogP) is -0.648. The van der Waals surface area contributed by atoms with Crippen molar-refractivity contribution in [2.75, 3.05) is 19.7 Å². The Morgan fingerprint density at radius 3 is 2.73 bits per heavy atom. The Bertz CT molecular complexity index is 253. The van der Waals surface area contributed by atoms with E-state index in [1.807, 2.05) is 13.8 Å². The van der Waals surface area contributed by atoms with Crippen molar-refractivity contribution in [1.82, 2.24) is 10.2 Å². The number of nitrogens with one attached hydrogen (secondary N) is 1. The minimum Gasteiger partial charge on any atom is -0.395 e. The molecule has 1 aliphatic rings. The third kappa shape index (κ3) is 3.20. The first-order valence-electron chi connectivity index (χ1n) is 5.22. The van der Waals surface area contributed by atoms with E-state index in [0.29, 0.717) is 13.1 Å². The van der Waals surface area contributed by atoms with Gasteiger partial charge in [-0.25, -0.2) is 0 Å². The summed E-state index contributed by atoms with van der Waals surface area (Å²) in [6.45, 7) is 4.72. The number of carbonyl (C=O) groups excluding carboxylic acids is 2. The molecule has 2 amide bonds. The molecule has 5 heteroatoms. The minimum atomic E-state index is -0.223. The topological polar surface area (TPSA) is 69.6 Å². The number of hydrogen-bond acceptors (Lipinski definition) is 3. The zero-order valence-corrected chi connectivity index (χ0v) is 9.19. The molecule has 0 aromatic rings. The minimum absolute atomic E-state index is 0.0181. The van der Waals surface area contributed by atoms with E-state index < -0.39 is 0 Å². The molecule has 0 aromatic carbocycles. The number of carbonyl (C=O) groups is 2. The highest BCUT2D eigenvalue weighted by molar-refractivity contribution is 5.97. The molecule has 1 unspecified atom stereocenters. The molecule has 0 aliphatic carbocycles. The van der Waals surface area contributed by atoms with Gasteiger partial charge in [-0.15, -0.1) is 0 Å². The van der Waals surface area contributed by atoms with Crippen LogP contribution in [0.5, 0.6) is 0 Å². The highest BCUT2D eigenvalue weighted by Crippen LogP contribution is 2.09. The third-order valence-corrected chi connectivity index (χ3v) is 2.60. The molecule has 1 rings (SSSR count). The van der Waals surface area contributed by atoms with Crippen molar-refractivity contribution in [2.45, 2.75) is 26.3 Å². The molecule has 0 aromatic heterocycles. The molecule has 1 aliphatic heterocycles. The molecule has 1 fully saturated rings. The van der Waals surface area contributed by atoms with Gasteiger partial charge in [-0.2, -0.15) is 0 Å². The number of nitrogens with zero attached hydrogens (tertiary/aromatic N) is 1. The first-order chi connectivity index (χ1) is 7.04. The van der Waals surface area contributed by atoms with Crippen molar-refractivity contribution in [3.05, 3.63) is 0 Å². The summed E-state index contributed by atoms with van der Waals surface area (Å²) in [5.41, 5.74) is 0. The summed E-state index contributed by atoms with van der Waals surface area (Å²) in [7, 11) is 0. The fourth-order valence-corrected chi connectivity index (χ4v) is 1.61. The van der Waals surface area contributed by atoms with E-state index in [1.165, 1.54) is 0 Å². The van der Waals surface area contributed by atoms with Gasteiger partial charge in [0.25, 0.3) is 0 Å². The van der Waals surface area contributed by atoms with E-state index in [0.717, 1.165) is 0 Å². The Morgan fingerprint density at radius 1 is 1.53 bits per heavy atom. The Morgan fingerprint density at radius 2 is 2.20 bits per heavy atom. The standard InChI is InChI=1S/C10H18N2O3/c1-7(2)8-6-12(3-4-13)10(15)5-9(14)11-8/h7-8,13H,3-6H2,1-2H3,(H,11,14). The van der Waals surface area contributed by atoms with Crippen LogP contribution in [0.3, 0.4) is 0 Å². The van der Waals surface area contributed by atoms with E-state index in [-0.39, 0.29) is 36.8 Å². The highest BCUT2D eigenvalue weighted by Gasteiger charge is 2.28. The Balaban J connectivity index is 2.72. The molecule has 1 saturated heterocycles. The van der Waals surface area contributed by atoms with Gasteiger partial charge in [0.15, 0.2) is 0 Å². The van der Waals surface area contributed by atoms with Crippen LogP contribution in [0.2, 0.25) is 0 Å². The molecule has 0 bridgehead atoms. The Hall–Kier alpha value is -1.10. The molecule has 5 nitrogen and oxygen atoms in total. The quantitative estimate of drug-likeness (QED) is 0.613. The van der Waals surface area contributed by atoms with Gasteiger partial charge in [-0.1, -0.05) is 13.8 Å². The monoisotopic (exact) mass is 214 g/mol. The summed E-state index contributed by atoms with van der Waals surface area (Å²) in [5.74, 6) is -0.148. The Labute approximate surface area is 89.4 Å². The van der Waals surface area contributed by atoms with Gasteiger partial charge in [-0.3, -0.25) is 9.59 Å². The zero-order valence-electron chi connectivity index (χ0n) is 9.19. The zero-order chi connectivity index (χ0) is 11.4. The number of aliphatic hydroxyl groups is 1. The fraction of sp³-hybridized carbons (Fsp3) is 0.800. The fourth-order valence-electron chi connectivity index (χ4n) is 1.61. The molecule has 1 atom stereocenters. The smallest absolute Gasteiger partial charge is 0.232 e. The normalized spacial score (nSPS) is 22.9. The number of aliphatic hydroxyl groups excluding tert-OH is 1. The average Bonchev–Trinajstić information content (AvgIpc) is 2.27. The van der Waals surface area contributed by atoms with E-state index >= 15 is 0 Å². The molecule has 15 heavy (non-hydrogen) atoms. The molecule has 2 N–H and O–H groups in total. The molecule has 1 heterocycles. The molecular weight excluding hydrogens is 196 g/mol. The van der Waals surface area contributed by atoms with Gasteiger partial charge >= 0.3 is 0 Å². The van der Waals surface area contributed by atoms with Crippen LogP contribution in [0.4, 0.5) is 0 Å². The van der Waals surface area contributed by atoms with Crippen molar-refractivity contribution < 1.29 is 14.7 Å². The van der Waals surface area contributed by atoms with Crippen LogP contribution in [0.25, 0.3) is 0 Å². The van der Waals surface area contributed by atoms with Crippen molar-refractivity contribution in [1.29, 1.82) is 0 Å². The number of amides is 2. The van der Waals surface area contributed by atoms with E-state index in [2.05, 4.69) is 5.32 Å². The van der Waals surface area contributed by atoms with Gasteiger partial charge in [0.1, 0.15) is 6.42 Å². The lowest BCUT2D eigenvalue weighted by molar-refractivity contribution is -0.134. The molecule has 0 spiro atoms. The second-order valence-corrected chi connectivity index (χ2v) is 4.16.